The number of carboxylic acid groups (broad SMARTS) is 1. The molecule has 72 valence electrons. The Morgan fingerprint density at radius 1 is 1.43 bits per heavy atom. The fourth-order valence-corrected chi connectivity index (χ4v) is 1.27. The molecule has 0 spiro atoms. The summed E-state index contributed by atoms with van der Waals surface area (Å²) in [5.74, 6) is -0.797. The monoisotopic (exact) mass is 192 g/mol. The summed E-state index contributed by atoms with van der Waals surface area (Å²) in [6.07, 6.45) is 2.96. The number of aromatic nitrogens is 2. The molecule has 0 saturated carbocycles. The zero-order valence-corrected chi connectivity index (χ0v) is 7.21. The third kappa shape index (κ3) is 1.52. The van der Waals surface area contributed by atoms with E-state index in [0.29, 0.717) is 11.3 Å². The number of pyridine rings is 1. The Morgan fingerprint density at radius 3 is 2.93 bits per heavy atom. The van der Waals surface area contributed by atoms with Crippen molar-refractivity contribution in [2.45, 2.75) is 6.42 Å². The Morgan fingerprint density at radius 2 is 2.21 bits per heavy atom. The molecule has 2 aromatic heterocycles. The van der Waals surface area contributed by atoms with Crippen LogP contribution < -0.4 is 0 Å². The molecule has 0 unspecified atom stereocenters. The molecule has 0 bridgehead atoms. The molecule has 14 heavy (non-hydrogen) atoms. The second kappa shape index (κ2) is 3.02. The van der Waals surface area contributed by atoms with Crippen LogP contribution in [0.2, 0.25) is 0 Å². The molecule has 0 amide bonds. The SMILES string of the molecule is O=C(O)Cc1cn2cc(O)ccc2n1. The maximum absolute atomic E-state index is 10.4. The van der Waals surface area contributed by atoms with Crippen LogP contribution in [-0.2, 0) is 11.2 Å². The van der Waals surface area contributed by atoms with E-state index in [9.17, 15) is 4.79 Å². The van der Waals surface area contributed by atoms with Gasteiger partial charge >= 0.3 is 5.97 Å². The van der Waals surface area contributed by atoms with E-state index in [0.717, 1.165) is 0 Å². The molecule has 0 aromatic carbocycles. The van der Waals surface area contributed by atoms with Gasteiger partial charge in [-0.25, -0.2) is 4.98 Å². The molecular weight excluding hydrogens is 184 g/mol. The molecule has 2 rings (SSSR count). The minimum absolute atomic E-state index is 0.109. The van der Waals surface area contributed by atoms with Gasteiger partial charge < -0.3 is 14.6 Å². The van der Waals surface area contributed by atoms with Crippen molar-refractivity contribution in [1.82, 2.24) is 9.38 Å². The second-order valence-corrected chi connectivity index (χ2v) is 2.96. The Kier molecular flexibility index (Phi) is 1.85. The number of aliphatic carboxylic acids is 1. The lowest BCUT2D eigenvalue weighted by Crippen LogP contribution is -1.99. The smallest absolute Gasteiger partial charge is 0.309 e. The Balaban J connectivity index is 2.46. The van der Waals surface area contributed by atoms with E-state index in [1.165, 1.54) is 12.3 Å². The Bertz CT molecular complexity index is 490. The third-order valence-electron chi connectivity index (χ3n) is 1.82. The lowest BCUT2D eigenvalue weighted by Gasteiger charge is -1.92. The van der Waals surface area contributed by atoms with Gasteiger partial charge in [-0.2, -0.15) is 0 Å². The first-order valence-electron chi connectivity index (χ1n) is 4.03. The van der Waals surface area contributed by atoms with E-state index >= 15 is 0 Å². The lowest BCUT2D eigenvalue weighted by molar-refractivity contribution is -0.136. The van der Waals surface area contributed by atoms with E-state index in [1.807, 2.05) is 0 Å². The second-order valence-electron chi connectivity index (χ2n) is 2.96. The summed E-state index contributed by atoms with van der Waals surface area (Å²) in [4.78, 5) is 14.5. The predicted octanol–water partition coefficient (Wildman–Crippen LogP) is 0.667. The first-order valence-corrected chi connectivity index (χ1v) is 4.03. The highest BCUT2D eigenvalue weighted by Gasteiger charge is 2.05. The summed E-state index contributed by atoms with van der Waals surface area (Å²) >= 11 is 0. The van der Waals surface area contributed by atoms with Crippen molar-refractivity contribution in [1.29, 1.82) is 0 Å². The zero-order valence-electron chi connectivity index (χ0n) is 7.21. The molecule has 0 radical (unpaired) electrons. The molecule has 0 saturated heterocycles. The van der Waals surface area contributed by atoms with Gasteiger partial charge in [0.05, 0.1) is 18.3 Å². The number of nitrogens with zero attached hydrogens (tertiary/aromatic N) is 2. The Labute approximate surface area is 79.2 Å². The van der Waals surface area contributed by atoms with Crippen LogP contribution in [0.25, 0.3) is 5.65 Å². The van der Waals surface area contributed by atoms with Crippen LogP contribution in [0, 0.1) is 0 Å². The topological polar surface area (TPSA) is 74.8 Å². The summed E-state index contributed by atoms with van der Waals surface area (Å²) < 4.78 is 1.59. The van der Waals surface area contributed by atoms with Crippen molar-refractivity contribution < 1.29 is 15.0 Å². The summed E-state index contributed by atoms with van der Waals surface area (Å²) in [6.45, 7) is 0. The van der Waals surface area contributed by atoms with Crippen molar-refractivity contribution in [3.63, 3.8) is 0 Å². The fourth-order valence-electron chi connectivity index (χ4n) is 1.27. The third-order valence-corrected chi connectivity index (χ3v) is 1.82. The summed E-state index contributed by atoms with van der Waals surface area (Å²) in [5, 5.41) is 17.7. The lowest BCUT2D eigenvalue weighted by atomic mass is 10.3. The highest BCUT2D eigenvalue weighted by molar-refractivity contribution is 5.69. The van der Waals surface area contributed by atoms with Crippen molar-refractivity contribution in [3.8, 4) is 5.75 Å². The van der Waals surface area contributed by atoms with Gasteiger partial charge in [-0.05, 0) is 12.1 Å². The number of hydrogen-bond donors (Lipinski definition) is 2. The van der Waals surface area contributed by atoms with Gasteiger partial charge in [0.2, 0.25) is 0 Å². The molecule has 5 nitrogen and oxygen atoms in total. The first kappa shape index (κ1) is 8.55. The molecule has 0 atom stereocenters. The van der Waals surface area contributed by atoms with Gasteiger partial charge in [-0.3, -0.25) is 4.79 Å². The van der Waals surface area contributed by atoms with E-state index in [4.69, 9.17) is 10.2 Å². The van der Waals surface area contributed by atoms with Gasteiger partial charge in [-0.1, -0.05) is 0 Å². The predicted molar refractivity (Wildman–Crippen MR) is 48.2 cm³/mol. The van der Waals surface area contributed by atoms with Crippen LogP contribution in [0.3, 0.4) is 0 Å². The minimum Gasteiger partial charge on any atom is -0.506 e. The summed E-state index contributed by atoms with van der Waals surface area (Å²) in [5.41, 5.74) is 1.10. The average molecular weight is 192 g/mol. The normalized spacial score (nSPS) is 10.6. The number of fused-ring (bicyclic) bond motifs is 1. The molecule has 2 aromatic rings. The van der Waals surface area contributed by atoms with Crippen LogP contribution in [0.4, 0.5) is 0 Å². The fraction of sp³-hybridized carbons (Fsp3) is 0.111. The number of aromatic hydroxyl groups is 1. The largest absolute Gasteiger partial charge is 0.506 e. The van der Waals surface area contributed by atoms with Crippen LogP contribution in [0.5, 0.6) is 5.75 Å². The Hall–Kier alpha value is -2.04. The molecule has 0 aliphatic rings. The van der Waals surface area contributed by atoms with Gasteiger partial charge in [-0.15, -0.1) is 0 Å². The van der Waals surface area contributed by atoms with Crippen molar-refractivity contribution in [3.05, 3.63) is 30.2 Å². The average Bonchev–Trinajstić information content (AvgIpc) is 2.44. The van der Waals surface area contributed by atoms with Crippen LogP contribution in [0.15, 0.2) is 24.5 Å². The van der Waals surface area contributed by atoms with E-state index in [1.54, 1.807) is 16.7 Å². The van der Waals surface area contributed by atoms with Crippen molar-refractivity contribution in [2.24, 2.45) is 0 Å². The van der Waals surface area contributed by atoms with Gasteiger partial charge in [0.15, 0.2) is 0 Å². The summed E-state index contributed by atoms with van der Waals surface area (Å²) in [6, 6.07) is 3.13. The van der Waals surface area contributed by atoms with Crippen molar-refractivity contribution >= 4 is 11.6 Å². The van der Waals surface area contributed by atoms with E-state index in [2.05, 4.69) is 4.98 Å². The van der Waals surface area contributed by atoms with Crippen LogP contribution in [-0.4, -0.2) is 25.6 Å². The zero-order chi connectivity index (χ0) is 10.1. The van der Waals surface area contributed by atoms with E-state index in [-0.39, 0.29) is 12.2 Å². The van der Waals surface area contributed by atoms with Crippen molar-refractivity contribution in [2.75, 3.05) is 0 Å². The van der Waals surface area contributed by atoms with Gasteiger partial charge in [0.25, 0.3) is 0 Å². The summed E-state index contributed by atoms with van der Waals surface area (Å²) in [7, 11) is 0. The van der Waals surface area contributed by atoms with Gasteiger partial charge in [0, 0.05) is 6.20 Å². The number of carboxylic acids is 1. The molecule has 0 fully saturated rings. The standard InChI is InChI=1S/C9H8N2O3/c12-7-1-2-8-10-6(3-9(13)14)4-11(8)5-7/h1-2,4-5,12H,3H2,(H,13,14). The van der Waals surface area contributed by atoms with Crippen LogP contribution in [0.1, 0.15) is 5.69 Å². The molecular formula is C9H8N2O3. The molecule has 0 aliphatic heterocycles. The minimum atomic E-state index is -0.919. The van der Waals surface area contributed by atoms with E-state index < -0.39 is 5.97 Å². The molecule has 2 heterocycles. The highest BCUT2D eigenvalue weighted by Crippen LogP contribution is 2.11. The maximum Gasteiger partial charge on any atom is 0.309 e. The van der Waals surface area contributed by atoms with Crippen LogP contribution >= 0.6 is 0 Å². The molecule has 2 N–H and O–H groups in total. The van der Waals surface area contributed by atoms with Gasteiger partial charge in [0.1, 0.15) is 11.4 Å². The first-order chi connectivity index (χ1) is 6.65. The molecule has 5 heteroatoms. The quantitative estimate of drug-likeness (QED) is 0.733. The maximum atomic E-state index is 10.4. The number of carbonyl (C=O) groups is 1. The number of hydrogen-bond acceptors (Lipinski definition) is 3. The molecule has 0 aliphatic carbocycles. The highest BCUT2D eigenvalue weighted by atomic mass is 16.4. The number of rotatable bonds is 2. The number of imidazole rings is 1.